The number of amides is 4. The zero-order chi connectivity index (χ0) is 15.7. The first kappa shape index (κ1) is 15.6. The summed E-state index contributed by atoms with van der Waals surface area (Å²) in [6.45, 7) is 1.77. The summed E-state index contributed by atoms with van der Waals surface area (Å²) in [5, 5.41) is 1.98. The second-order valence-corrected chi connectivity index (χ2v) is 5.38. The van der Waals surface area contributed by atoms with Crippen LogP contribution in [0.4, 0.5) is 19.3 Å². The molecule has 1 aliphatic rings. The lowest BCUT2D eigenvalue weighted by molar-refractivity contribution is -0.134. The van der Waals surface area contributed by atoms with Crippen LogP contribution in [0.15, 0.2) is 16.6 Å². The normalized spacial score (nSPS) is 19.0. The molecular formula is C13H11BrF2N2O3. The van der Waals surface area contributed by atoms with E-state index in [4.69, 9.17) is 0 Å². The molecule has 1 saturated heterocycles. The van der Waals surface area contributed by atoms with Crippen LogP contribution >= 0.6 is 15.9 Å². The highest BCUT2D eigenvalue weighted by Crippen LogP contribution is 2.29. The molecule has 1 fully saturated rings. The smallest absolute Gasteiger partial charge is 0.277 e. The molecule has 112 valence electrons. The summed E-state index contributed by atoms with van der Waals surface area (Å²) >= 11 is 2.81. The molecule has 1 heterocycles. The number of urea groups is 1. The third-order valence-corrected chi connectivity index (χ3v) is 3.68. The van der Waals surface area contributed by atoms with Crippen molar-refractivity contribution in [1.29, 1.82) is 0 Å². The highest BCUT2D eigenvalue weighted by molar-refractivity contribution is 9.10. The monoisotopic (exact) mass is 360 g/mol. The third kappa shape index (κ3) is 2.80. The van der Waals surface area contributed by atoms with Gasteiger partial charge in [0.15, 0.2) is 0 Å². The van der Waals surface area contributed by atoms with Crippen molar-refractivity contribution in [2.24, 2.45) is 5.92 Å². The lowest BCUT2D eigenvalue weighted by Gasteiger charge is -2.30. The largest absolute Gasteiger partial charge is 0.335 e. The van der Waals surface area contributed by atoms with Gasteiger partial charge in [-0.2, -0.15) is 0 Å². The van der Waals surface area contributed by atoms with E-state index in [1.807, 2.05) is 5.32 Å². The Bertz CT molecular complexity index is 636. The van der Waals surface area contributed by atoms with Crippen LogP contribution in [0.3, 0.4) is 0 Å². The quantitative estimate of drug-likeness (QED) is 0.665. The lowest BCUT2D eigenvalue weighted by atomic mass is 9.99. The van der Waals surface area contributed by atoms with E-state index in [-0.39, 0.29) is 10.9 Å². The van der Waals surface area contributed by atoms with Crippen molar-refractivity contribution in [3.63, 3.8) is 0 Å². The van der Waals surface area contributed by atoms with Crippen LogP contribution in [0.1, 0.15) is 19.8 Å². The summed E-state index contributed by atoms with van der Waals surface area (Å²) in [6, 6.07) is 0.463. The molecule has 8 heteroatoms. The molecule has 1 unspecified atom stereocenters. The van der Waals surface area contributed by atoms with Gasteiger partial charge in [0.2, 0.25) is 11.8 Å². The molecule has 0 saturated carbocycles. The van der Waals surface area contributed by atoms with Gasteiger partial charge in [-0.1, -0.05) is 13.3 Å². The summed E-state index contributed by atoms with van der Waals surface area (Å²) < 4.78 is 27.3. The van der Waals surface area contributed by atoms with E-state index >= 15 is 0 Å². The number of rotatable bonds is 3. The summed E-state index contributed by atoms with van der Waals surface area (Å²) in [5.74, 6) is -4.43. The van der Waals surface area contributed by atoms with Crippen molar-refractivity contribution in [2.45, 2.75) is 19.8 Å². The molecule has 1 aromatic rings. The van der Waals surface area contributed by atoms with E-state index < -0.39 is 41.1 Å². The fourth-order valence-electron chi connectivity index (χ4n) is 2.07. The molecule has 0 spiro atoms. The maximum absolute atomic E-state index is 13.9. The number of nitrogens with zero attached hydrogens (tertiary/aromatic N) is 1. The zero-order valence-electron chi connectivity index (χ0n) is 11.0. The van der Waals surface area contributed by atoms with Crippen LogP contribution in [-0.4, -0.2) is 17.8 Å². The van der Waals surface area contributed by atoms with E-state index in [9.17, 15) is 23.2 Å². The highest BCUT2D eigenvalue weighted by Gasteiger charge is 2.41. The van der Waals surface area contributed by atoms with Gasteiger partial charge in [-0.05, 0) is 28.4 Å². The summed E-state index contributed by atoms with van der Waals surface area (Å²) in [6.07, 6.45) is 0.748. The minimum Gasteiger partial charge on any atom is -0.277 e. The van der Waals surface area contributed by atoms with Gasteiger partial charge in [-0.15, -0.1) is 0 Å². The van der Waals surface area contributed by atoms with E-state index in [0.29, 0.717) is 11.3 Å². The number of carbonyl (C=O) groups is 3. The number of imide groups is 2. The molecule has 1 atom stereocenters. The van der Waals surface area contributed by atoms with Crippen LogP contribution < -0.4 is 10.2 Å². The minimum atomic E-state index is -1.09. The molecule has 0 radical (unpaired) electrons. The van der Waals surface area contributed by atoms with E-state index in [0.717, 1.165) is 12.1 Å². The fraction of sp³-hybridized carbons (Fsp3) is 0.308. The van der Waals surface area contributed by atoms with Crippen molar-refractivity contribution in [3.8, 4) is 0 Å². The van der Waals surface area contributed by atoms with Crippen molar-refractivity contribution in [2.75, 3.05) is 4.90 Å². The van der Waals surface area contributed by atoms with Crippen LogP contribution in [0.5, 0.6) is 0 Å². The van der Waals surface area contributed by atoms with Gasteiger partial charge in [0, 0.05) is 6.07 Å². The van der Waals surface area contributed by atoms with Crippen LogP contribution in [-0.2, 0) is 9.59 Å². The summed E-state index contributed by atoms with van der Waals surface area (Å²) in [4.78, 5) is 36.1. The molecule has 0 bridgehead atoms. The summed E-state index contributed by atoms with van der Waals surface area (Å²) in [7, 11) is 0. The molecular weight excluding hydrogens is 350 g/mol. The fourth-order valence-corrected chi connectivity index (χ4v) is 2.39. The molecule has 4 amide bonds. The predicted molar refractivity (Wildman–Crippen MR) is 73.5 cm³/mol. The van der Waals surface area contributed by atoms with Crippen molar-refractivity contribution < 1.29 is 23.2 Å². The molecule has 1 aromatic carbocycles. The van der Waals surface area contributed by atoms with Gasteiger partial charge in [0.25, 0.3) is 0 Å². The Morgan fingerprint density at radius 1 is 1.24 bits per heavy atom. The summed E-state index contributed by atoms with van der Waals surface area (Å²) in [5.41, 5.74) is -0.521. The van der Waals surface area contributed by atoms with Gasteiger partial charge >= 0.3 is 6.03 Å². The molecule has 21 heavy (non-hydrogen) atoms. The predicted octanol–water partition coefficient (Wildman–Crippen LogP) is 2.73. The molecule has 0 aromatic heterocycles. The topological polar surface area (TPSA) is 66.5 Å². The third-order valence-electron chi connectivity index (χ3n) is 3.08. The van der Waals surface area contributed by atoms with Crippen LogP contribution in [0, 0.1) is 17.6 Å². The molecule has 1 aliphatic heterocycles. The highest BCUT2D eigenvalue weighted by atomic mass is 79.9. The molecule has 2 rings (SSSR count). The number of benzene rings is 1. The minimum absolute atomic E-state index is 0.130. The maximum atomic E-state index is 13.9. The second-order valence-electron chi connectivity index (χ2n) is 4.53. The number of hydrogen-bond acceptors (Lipinski definition) is 3. The SMILES string of the molecule is CCCC1C(=O)NC(=O)N(c2cc(F)c(Br)cc2F)C1=O. The van der Waals surface area contributed by atoms with E-state index in [1.54, 1.807) is 6.92 Å². The number of anilines is 1. The van der Waals surface area contributed by atoms with Gasteiger partial charge in [0.1, 0.15) is 17.6 Å². The standard InChI is InChI=1S/C13H11BrF2N2O3/c1-2-3-6-11(19)17-13(21)18(12(6)20)10-5-8(15)7(14)4-9(10)16/h4-6H,2-3H2,1H3,(H,17,19,21). The molecule has 5 nitrogen and oxygen atoms in total. The molecule has 1 N–H and O–H groups in total. The Morgan fingerprint density at radius 3 is 2.52 bits per heavy atom. The average molecular weight is 361 g/mol. The number of halogens is 3. The van der Waals surface area contributed by atoms with Crippen LogP contribution in [0.2, 0.25) is 0 Å². The zero-order valence-corrected chi connectivity index (χ0v) is 12.5. The van der Waals surface area contributed by atoms with E-state index in [2.05, 4.69) is 15.9 Å². The first-order valence-electron chi connectivity index (χ1n) is 6.20. The first-order chi connectivity index (χ1) is 9.86. The van der Waals surface area contributed by atoms with Crippen LogP contribution in [0.25, 0.3) is 0 Å². The van der Waals surface area contributed by atoms with Crippen molar-refractivity contribution in [3.05, 3.63) is 28.2 Å². The van der Waals surface area contributed by atoms with Gasteiger partial charge in [0.05, 0.1) is 10.2 Å². The van der Waals surface area contributed by atoms with Gasteiger partial charge < -0.3 is 0 Å². The Labute approximate surface area is 127 Å². The number of hydrogen-bond donors (Lipinski definition) is 1. The Balaban J connectivity index is 2.46. The van der Waals surface area contributed by atoms with E-state index in [1.165, 1.54) is 0 Å². The Kier molecular flexibility index (Phi) is 4.36. The van der Waals surface area contributed by atoms with Gasteiger partial charge in [-0.25, -0.2) is 18.5 Å². The van der Waals surface area contributed by atoms with Crippen molar-refractivity contribution in [1.82, 2.24) is 5.32 Å². The number of carbonyl (C=O) groups excluding carboxylic acids is 3. The Hall–Kier alpha value is -1.83. The van der Waals surface area contributed by atoms with Crippen molar-refractivity contribution >= 4 is 39.5 Å². The van der Waals surface area contributed by atoms with Gasteiger partial charge in [-0.3, -0.25) is 14.9 Å². The molecule has 0 aliphatic carbocycles. The maximum Gasteiger partial charge on any atom is 0.335 e. The second kappa shape index (κ2) is 5.88. The lowest BCUT2D eigenvalue weighted by Crippen LogP contribution is -2.58. The Morgan fingerprint density at radius 2 is 1.90 bits per heavy atom. The number of nitrogens with one attached hydrogen (secondary N) is 1. The number of barbiturate groups is 1. The average Bonchev–Trinajstić information content (AvgIpc) is 2.40. The first-order valence-corrected chi connectivity index (χ1v) is 6.99.